The van der Waals surface area contributed by atoms with Gasteiger partial charge in [-0.25, -0.2) is 0 Å². The molecule has 1 heterocycles. The average Bonchev–Trinajstić information content (AvgIpc) is 2.53. The summed E-state index contributed by atoms with van der Waals surface area (Å²) in [5.41, 5.74) is 0.586. The molecule has 6 heteroatoms. The van der Waals surface area contributed by atoms with E-state index in [-0.39, 0.29) is 11.3 Å². The topological polar surface area (TPSA) is 81.8 Å². The Balaban J connectivity index is 2.10. The Morgan fingerprint density at radius 3 is 2.33 bits per heavy atom. The van der Waals surface area contributed by atoms with Crippen LogP contribution in [0, 0.1) is 10.1 Å². The van der Waals surface area contributed by atoms with E-state index in [1.165, 1.54) is 12.1 Å². The van der Waals surface area contributed by atoms with Crippen molar-refractivity contribution in [3.63, 3.8) is 0 Å². The summed E-state index contributed by atoms with van der Waals surface area (Å²) in [6.07, 6.45) is -1.09. The van der Waals surface area contributed by atoms with Gasteiger partial charge in [0.05, 0.1) is 16.6 Å². The second kappa shape index (κ2) is 5.41. The fraction of sp³-hybridized carbons (Fsp3) is 0.200. The van der Waals surface area contributed by atoms with E-state index in [1.807, 2.05) is 6.07 Å². The molecule has 0 aliphatic carbocycles. The molecule has 0 saturated heterocycles. The molecule has 0 fully saturated rings. The molecule has 108 valence electrons. The summed E-state index contributed by atoms with van der Waals surface area (Å²) in [4.78, 5) is 10.7. The Labute approximate surface area is 120 Å². The molecule has 3 rings (SSSR count). The number of nitro groups is 1. The Morgan fingerprint density at radius 1 is 1.10 bits per heavy atom. The molecular weight excluding hydrogens is 274 g/mol. The summed E-state index contributed by atoms with van der Waals surface area (Å²) >= 11 is 0. The number of hydrogen-bond donors (Lipinski definition) is 1. The number of ether oxygens (including phenoxy) is 2. The fourth-order valence-corrected chi connectivity index (χ4v) is 2.29. The third kappa shape index (κ3) is 2.53. The number of nitrogens with zero attached hydrogens (tertiary/aromatic N) is 1. The summed E-state index contributed by atoms with van der Waals surface area (Å²) in [6.45, 7) is 0.733. The van der Waals surface area contributed by atoms with E-state index in [2.05, 4.69) is 0 Å². The minimum Gasteiger partial charge on any atom is -0.486 e. The van der Waals surface area contributed by atoms with E-state index >= 15 is 0 Å². The lowest BCUT2D eigenvalue weighted by Gasteiger charge is -2.20. The fourth-order valence-electron chi connectivity index (χ4n) is 2.29. The van der Waals surface area contributed by atoms with Crippen molar-refractivity contribution < 1.29 is 19.5 Å². The van der Waals surface area contributed by atoms with Crippen LogP contribution < -0.4 is 9.47 Å². The van der Waals surface area contributed by atoms with Gasteiger partial charge in [0.1, 0.15) is 19.3 Å². The maximum absolute atomic E-state index is 11.2. The zero-order chi connectivity index (χ0) is 14.8. The van der Waals surface area contributed by atoms with Gasteiger partial charge in [0, 0.05) is 0 Å². The number of benzene rings is 2. The monoisotopic (exact) mass is 287 g/mol. The van der Waals surface area contributed by atoms with Crippen LogP contribution in [-0.4, -0.2) is 23.2 Å². The van der Waals surface area contributed by atoms with Crippen LogP contribution in [0.1, 0.15) is 17.2 Å². The van der Waals surface area contributed by atoms with Gasteiger partial charge in [-0.15, -0.1) is 0 Å². The van der Waals surface area contributed by atoms with Gasteiger partial charge in [0.2, 0.25) is 0 Å². The molecule has 0 radical (unpaired) electrons. The molecule has 0 saturated carbocycles. The summed E-state index contributed by atoms with van der Waals surface area (Å²) < 4.78 is 10.8. The number of hydrogen-bond acceptors (Lipinski definition) is 5. The van der Waals surface area contributed by atoms with Gasteiger partial charge in [-0.3, -0.25) is 10.1 Å². The van der Waals surface area contributed by atoms with Crippen molar-refractivity contribution in [2.45, 2.75) is 6.10 Å². The van der Waals surface area contributed by atoms with Gasteiger partial charge >= 0.3 is 0 Å². The Bertz CT molecular complexity index is 671. The highest BCUT2D eigenvalue weighted by atomic mass is 16.6. The Morgan fingerprint density at radius 2 is 1.71 bits per heavy atom. The van der Waals surface area contributed by atoms with Crippen molar-refractivity contribution in [2.75, 3.05) is 13.2 Å². The summed E-state index contributed by atoms with van der Waals surface area (Å²) in [5.74, 6) is 0.744. The first-order valence-corrected chi connectivity index (χ1v) is 6.48. The van der Waals surface area contributed by atoms with Crippen LogP contribution in [0.15, 0.2) is 42.5 Å². The predicted octanol–water partition coefficient (Wildman–Crippen LogP) is 2.45. The van der Waals surface area contributed by atoms with Crippen LogP contribution in [0.4, 0.5) is 5.69 Å². The van der Waals surface area contributed by atoms with E-state index < -0.39 is 11.0 Å². The zero-order valence-corrected chi connectivity index (χ0v) is 11.1. The predicted molar refractivity (Wildman–Crippen MR) is 74.6 cm³/mol. The van der Waals surface area contributed by atoms with Crippen molar-refractivity contribution in [3.05, 3.63) is 63.7 Å². The molecule has 0 bridgehead atoms. The molecule has 1 aliphatic rings. The van der Waals surface area contributed by atoms with Gasteiger partial charge in [0.15, 0.2) is 11.5 Å². The minimum absolute atomic E-state index is 0.185. The lowest BCUT2D eigenvalue weighted by molar-refractivity contribution is -0.386. The molecule has 1 unspecified atom stereocenters. The van der Waals surface area contributed by atoms with Crippen LogP contribution >= 0.6 is 0 Å². The summed E-state index contributed by atoms with van der Waals surface area (Å²) in [6, 6.07) is 11.6. The van der Waals surface area contributed by atoms with Crippen LogP contribution in [0.2, 0.25) is 0 Å². The van der Waals surface area contributed by atoms with Crippen LogP contribution in [0.3, 0.4) is 0 Å². The molecule has 21 heavy (non-hydrogen) atoms. The average molecular weight is 287 g/mol. The highest BCUT2D eigenvalue weighted by Crippen LogP contribution is 2.40. The molecule has 6 nitrogen and oxygen atoms in total. The van der Waals surface area contributed by atoms with Crippen molar-refractivity contribution in [2.24, 2.45) is 0 Å². The minimum atomic E-state index is -1.09. The first-order chi connectivity index (χ1) is 10.2. The van der Waals surface area contributed by atoms with Gasteiger partial charge in [-0.2, -0.15) is 0 Å². The number of fused-ring (bicyclic) bond motifs is 1. The second-order valence-electron chi connectivity index (χ2n) is 4.63. The molecule has 0 spiro atoms. The van der Waals surface area contributed by atoms with Crippen LogP contribution in [0.25, 0.3) is 0 Å². The maximum atomic E-state index is 11.2. The van der Waals surface area contributed by atoms with Crippen LogP contribution in [-0.2, 0) is 0 Å². The second-order valence-corrected chi connectivity index (χ2v) is 4.63. The van der Waals surface area contributed by atoms with E-state index in [1.54, 1.807) is 24.3 Å². The third-order valence-electron chi connectivity index (χ3n) is 3.30. The number of nitro benzene ring substituents is 1. The molecule has 2 aromatic carbocycles. The smallest absolute Gasteiger partial charge is 0.279 e. The van der Waals surface area contributed by atoms with Crippen molar-refractivity contribution in [1.82, 2.24) is 0 Å². The van der Waals surface area contributed by atoms with E-state index in [0.29, 0.717) is 30.3 Å². The number of aliphatic hydroxyl groups is 1. The molecule has 0 aromatic heterocycles. The largest absolute Gasteiger partial charge is 0.486 e. The number of aliphatic hydroxyl groups excluding tert-OH is 1. The standard InChI is InChI=1S/C15H13NO5/c17-15(10-4-2-1-3-5-10)11-8-13-14(21-7-6-20-13)9-12(11)16(18)19/h1-5,8-9,15,17H,6-7H2. The quantitative estimate of drug-likeness (QED) is 0.692. The first-order valence-electron chi connectivity index (χ1n) is 6.48. The van der Waals surface area contributed by atoms with Gasteiger partial charge in [-0.1, -0.05) is 30.3 Å². The highest BCUT2D eigenvalue weighted by molar-refractivity contribution is 5.57. The van der Waals surface area contributed by atoms with Crippen molar-refractivity contribution >= 4 is 5.69 Å². The lowest BCUT2D eigenvalue weighted by atomic mass is 9.99. The summed E-state index contributed by atoms with van der Waals surface area (Å²) in [7, 11) is 0. The van der Waals surface area contributed by atoms with Gasteiger partial charge in [0.25, 0.3) is 5.69 Å². The van der Waals surface area contributed by atoms with Crippen molar-refractivity contribution in [1.29, 1.82) is 0 Å². The maximum Gasteiger partial charge on any atom is 0.279 e. The molecular formula is C15H13NO5. The Kier molecular flexibility index (Phi) is 3.45. The summed E-state index contributed by atoms with van der Waals surface area (Å²) in [5, 5.41) is 21.7. The van der Waals surface area contributed by atoms with Crippen LogP contribution in [0.5, 0.6) is 11.5 Å². The SMILES string of the molecule is O=[N+]([O-])c1cc2c(cc1C(O)c1ccccc1)OCCO2. The molecule has 2 aromatic rings. The van der Waals surface area contributed by atoms with E-state index in [4.69, 9.17) is 9.47 Å². The Hall–Kier alpha value is -2.60. The lowest BCUT2D eigenvalue weighted by Crippen LogP contribution is -2.16. The molecule has 1 N–H and O–H groups in total. The molecule has 1 aliphatic heterocycles. The number of rotatable bonds is 3. The van der Waals surface area contributed by atoms with E-state index in [0.717, 1.165) is 0 Å². The normalized spacial score (nSPS) is 14.5. The first kappa shape index (κ1) is 13.4. The van der Waals surface area contributed by atoms with Gasteiger partial charge in [-0.05, 0) is 11.6 Å². The van der Waals surface area contributed by atoms with Crippen molar-refractivity contribution in [3.8, 4) is 11.5 Å². The van der Waals surface area contributed by atoms with Gasteiger partial charge < -0.3 is 14.6 Å². The van der Waals surface area contributed by atoms with E-state index in [9.17, 15) is 15.2 Å². The third-order valence-corrected chi connectivity index (χ3v) is 3.30. The molecule has 0 amide bonds. The zero-order valence-electron chi connectivity index (χ0n) is 11.1. The highest BCUT2D eigenvalue weighted by Gasteiger charge is 2.27. The molecule has 1 atom stereocenters.